The summed E-state index contributed by atoms with van der Waals surface area (Å²) in [6.45, 7) is 0. The van der Waals surface area contributed by atoms with Gasteiger partial charge in [-0.15, -0.1) is 0 Å². The fraction of sp³-hybridized carbons (Fsp3) is 0.0169. The zero-order valence-corrected chi connectivity index (χ0v) is 34.2. The van der Waals surface area contributed by atoms with Crippen molar-refractivity contribution >= 4 is 0 Å². The predicted octanol–water partition coefficient (Wildman–Crippen LogP) is 14.1. The van der Waals surface area contributed by atoms with Crippen molar-refractivity contribution in [3.05, 3.63) is 258 Å². The monoisotopic (exact) mass is 802 g/mol. The lowest BCUT2D eigenvalue weighted by atomic mass is 9.67. The largest absolute Gasteiger partial charge is 0.208 e. The second-order valence-corrected chi connectivity index (χ2v) is 15.9. The first-order valence-corrected chi connectivity index (χ1v) is 21.1. The molecule has 0 aliphatic heterocycles. The van der Waals surface area contributed by atoms with E-state index in [4.69, 9.17) is 15.0 Å². The normalized spacial score (nSPS) is 12.2. The molecule has 4 nitrogen and oxygen atoms in total. The van der Waals surface area contributed by atoms with Crippen LogP contribution < -0.4 is 0 Å². The third kappa shape index (κ3) is 6.70. The van der Waals surface area contributed by atoms with Crippen LogP contribution in [0.2, 0.25) is 0 Å². The Hall–Kier alpha value is -8.52. The quantitative estimate of drug-likeness (QED) is 0.153. The van der Waals surface area contributed by atoms with Gasteiger partial charge in [0, 0.05) is 16.7 Å². The van der Waals surface area contributed by atoms with Gasteiger partial charge >= 0.3 is 0 Å². The van der Waals surface area contributed by atoms with Crippen molar-refractivity contribution in [2.75, 3.05) is 0 Å². The molecule has 4 heteroatoms. The summed E-state index contributed by atoms with van der Waals surface area (Å²) in [6.07, 6.45) is 0. The Morgan fingerprint density at radius 2 is 0.651 bits per heavy atom. The topological polar surface area (TPSA) is 62.5 Å². The Bertz CT molecular complexity index is 3240. The number of hydrogen-bond acceptors (Lipinski definition) is 4. The second-order valence-electron chi connectivity index (χ2n) is 15.9. The van der Waals surface area contributed by atoms with Crippen molar-refractivity contribution in [2.45, 2.75) is 5.41 Å². The average Bonchev–Trinajstić information content (AvgIpc) is 3.67. The lowest BCUT2D eigenvalue weighted by Gasteiger charge is -2.34. The summed E-state index contributed by atoms with van der Waals surface area (Å²) in [7, 11) is 0. The van der Waals surface area contributed by atoms with Gasteiger partial charge in [0.15, 0.2) is 17.5 Å². The molecule has 0 saturated heterocycles. The van der Waals surface area contributed by atoms with E-state index in [0.717, 1.165) is 50.1 Å². The van der Waals surface area contributed by atoms with E-state index in [0.29, 0.717) is 23.0 Å². The SMILES string of the molecule is N#Cc1cccc(-c2cccc(-c3ccc4c(c3)C(c3ccccc3)(c3ccccc3)c3cc(-c5cccc(-c6nc(-c7ccccc7)nc(-c7ccccc7)n6)c5)ccc3-4)c2)c1. The highest BCUT2D eigenvalue weighted by Crippen LogP contribution is 2.57. The molecule has 1 aromatic heterocycles. The fourth-order valence-electron chi connectivity index (χ4n) is 9.27. The standard InChI is InChI=1S/C59H38N4/c60-39-40-16-13-21-43(34-40)44-22-14-23-45(35-44)47-30-32-52-53-33-31-48(38-55(53)59(54(52)37-47,50-26-9-3-10-27-50)51-28-11-4-12-29-51)46-24-15-25-49(36-46)58-62-56(41-17-5-1-6-18-41)61-57(63-58)42-19-7-2-8-20-42/h1-38H. The van der Waals surface area contributed by atoms with Gasteiger partial charge in [-0.3, -0.25) is 0 Å². The first-order valence-electron chi connectivity index (χ1n) is 21.1. The van der Waals surface area contributed by atoms with E-state index in [1.165, 1.54) is 33.4 Å². The Balaban J connectivity index is 1.07. The summed E-state index contributed by atoms with van der Waals surface area (Å²) in [5.41, 5.74) is 16.6. The minimum Gasteiger partial charge on any atom is -0.208 e. The fourth-order valence-corrected chi connectivity index (χ4v) is 9.27. The summed E-state index contributed by atoms with van der Waals surface area (Å²) in [4.78, 5) is 15.0. The van der Waals surface area contributed by atoms with Gasteiger partial charge in [-0.2, -0.15) is 5.26 Å². The first-order chi connectivity index (χ1) is 31.2. The van der Waals surface area contributed by atoms with Crippen molar-refractivity contribution in [3.8, 4) is 84.7 Å². The lowest BCUT2D eigenvalue weighted by Crippen LogP contribution is -2.28. The van der Waals surface area contributed by atoms with E-state index < -0.39 is 5.41 Å². The van der Waals surface area contributed by atoms with Gasteiger partial charge in [-0.05, 0) is 103 Å². The van der Waals surface area contributed by atoms with E-state index in [1.54, 1.807) is 0 Å². The summed E-state index contributed by atoms with van der Waals surface area (Å²) < 4.78 is 0. The van der Waals surface area contributed by atoms with Crippen LogP contribution in [-0.2, 0) is 5.41 Å². The Labute approximate surface area is 367 Å². The number of rotatable bonds is 8. The molecule has 11 rings (SSSR count). The molecule has 1 aliphatic carbocycles. The molecule has 0 atom stereocenters. The average molecular weight is 803 g/mol. The van der Waals surface area contributed by atoms with Gasteiger partial charge in [0.05, 0.1) is 17.0 Å². The van der Waals surface area contributed by atoms with E-state index in [2.05, 4.69) is 158 Å². The Morgan fingerprint density at radius 3 is 1.11 bits per heavy atom. The number of fused-ring (bicyclic) bond motifs is 3. The van der Waals surface area contributed by atoms with E-state index in [9.17, 15) is 5.26 Å². The van der Waals surface area contributed by atoms with Crippen LogP contribution in [0.4, 0.5) is 0 Å². The third-order valence-corrected chi connectivity index (χ3v) is 12.2. The molecule has 1 aliphatic rings. The van der Waals surface area contributed by atoms with Crippen LogP contribution in [0.15, 0.2) is 231 Å². The van der Waals surface area contributed by atoms with Crippen LogP contribution in [0.5, 0.6) is 0 Å². The molecule has 0 bridgehead atoms. The minimum atomic E-state index is -0.612. The molecule has 0 unspecified atom stereocenters. The van der Waals surface area contributed by atoms with Gasteiger partial charge in [0.1, 0.15) is 0 Å². The van der Waals surface area contributed by atoms with Gasteiger partial charge < -0.3 is 0 Å². The number of benzene rings is 9. The summed E-state index contributed by atoms with van der Waals surface area (Å²) in [5.74, 6) is 1.89. The summed E-state index contributed by atoms with van der Waals surface area (Å²) in [6, 6.07) is 83.2. The Morgan fingerprint density at radius 1 is 0.302 bits per heavy atom. The van der Waals surface area contributed by atoms with Crippen LogP contribution >= 0.6 is 0 Å². The molecule has 1 heterocycles. The summed E-state index contributed by atoms with van der Waals surface area (Å²) >= 11 is 0. The smallest absolute Gasteiger partial charge is 0.164 e. The lowest BCUT2D eigenvalue weighted by molar-refractivity contribution is 0.769. The molecule has 0 saturated carbocycles. The van der Waals surface area contributed by atoms with Crippen molar-refractivity contribution in [3.63, 3.8) is 0 Å². The predicted molar refractivity (Wildman–Crippen MR) is 254 cm³/mol. The molecular weight excluding hydrogens is 765 g/mol. The van der Waals surface area contributed by atoms with E-state index in [1.807, 2.05) is 78.9 Å². The van der Waals surface area contributed by atoms with Gasteiger partial charge in [-0.1, -0.05) is 194 Å². The zero-order valence-electron chi connectivity index (χ0n) is 34.2. The minimum absolute atomic E-state index is 0.612. The maximum Gasteiger partial charge on any atom is 0.164 e. The Kier molecular flexibility index (Phi) is 9.41. The van der Waals surface area contributed by atoms with Crippen LogP contribution in [-0.4, -0.2) is 15.0 Å². The third-order valence-electron chi connectivity index (χ3n) is 12.2. The second kappa shape index (κ2) is 15.8. The van der Waals surface area contributed by atoms with Crippen molar-refractivity contribution in [1.29, 1.82) is 5.26 Å². The maximum atomic E-state index is 9.62. The van der Waals surface area contributed by atoms with Gasteiger partial charge in [0.25, 0.3) is 0 Å². The van der Waals surface area contributed by atoms with Gasteiger partial charge in [0.2, 0.25) is 0 Å². The molecule has 9 aromatic carbocycles. The number of hydrogen-bond donors (Lipinski definition) is 0. The molecule has 63 heavy (non-hydrogen) atoms. The molecule has 10 aromatic rings. The van der Waals surface area contributed by atoms with Crippen LogP contribution in [0, 0.1) is 11.3 Å². The number of nitrogens with zero attached hydrogens (tertiary/aromatic N) is 4. The molecule has 0 N–H and O–H groups in total. The highest BCUT2D eigenvalue weighted by molar-refractivity contribution is 5.91. The summed E-state index contributed by atoms with van der Waals surface area (Å²) in [5, 5.41) is 9.62. The van der Waals surface area contributed by atoms with Crippen molar-refractivity contribution < 1.29 is 0 Å². The number of nitriles is 1. The molecule has 0 fully saturated rings. The van der Waals surface area contributed by atoms with Gasteiger partial charge in [-0.25, -0.2) is 15.0 Å². The van der Waals surface area contributed by atoms with E-state index in [-0.39, 0.29) is 0 Å². The van der Waals surface area contributed by atoms with Crippen LogP contribution in [0.25, 0.3) is 78.7 Å². The maximum absolute atomic E-state index is 9.62. The number of aromatic nitrogens is 3. The van der Waals surface area contributed by atoms with Crippen LogP contribution in [0.3, 0.4) is 0 Å². The molecular formula is C59H38N4. The van der Waals surface area contributed by atoms with E-state index >= 15 is 0 Å². The zero-order chi connectivity index (χ0) is 42.2. The molecule has 0 radical (unpaired) electrons. The van der Waals surface area contributed by atoms with Crippen molar-refractivity contribution in [1.82, 2.24) is 15.0 Å². The highest BCUT2D eigenvalue weighted by atomic mass is 15.0. The van der Waals surface area contributed by atoms with Crippen LogP contribution in [0.1, 0.15) is 27.8 Å². The molecule has 294 valence electrons. The highest BCUT2D eigenvalue weighted by Gasteiger charge is 2.46. The molecule has 0 spiro atoms. The first kappa shape index (κ1) is 37.5. The molecule has 0 amide bonds. The van der Waals surface area contributed by atoms with Crippen molar-refractivity contribution in [2.24, 2.45) is 0 Å².